The SMILES string of the molecule is CC(C)(C)C1CCc2c(cc(-c3ccc(C(F)(F)F)cc3)n2-c2ccc(OC(=O)O)o2)C1. The highest BCUT2D eigenvalue weighted by atomic mass is 19.4. The summed E-state index contributed by atoms with van der Waals surface area (Å²) in [7, 11) is 0. The molecule has 1 atom stereocenters. The molecule has 1 aliphatic rings. The molecule has 32 heavy (non-hydrogen) atoms. The molecule has 1 aromatic carbocycles. The Balaban J connectivity index is 1.81. The van der Waals surface area contributed by atoms with Crippen LogP contribution in [-0.4, -0.2) is 15.8 Å². The number of ether oxygens (including phenoxy) is 1. The number of alkyl halides is 3. The summed E-state index contributed by atoms with van der Waals surface area (Å²) < 4.78 is 51.2. The highest BCUT2D eigenvalue weighted by Gasteiger charge is 2.33. The summed E-state index contributed by atoms with van der Waals surface area (Å²) >= 11 is 0. The number of hydrogen-bond acceptors (Lipinski definition) is 3. The van der Waals surface area contributed by atoms with Gasteiger partial charge < -0.3 is 14.3 Å². The van der Waals surface area contributed by atoms with Gasteiger partial charge in [-0.1, -0.05) is 32.9 Å². The standard InChI is InChI=1S/C24H24F3NO4/c1-23(2,3)17-8-9-18-15(12-17)13-19(14-4-6-16(7-5-14)24(25,26)27)28(18)20-10-11-21(31-20)32-22(29)30/h4-7,10-11,13,17H,8-9,12H2,1-3H3,(H,29,30). The van der Waals surface area contributed by atoms with E-state index in [0.29, 0.717) is 23.1 Å². The number of carboxylic acid groups (broad SMARTS) is 1. The first-order chi connectivity index (χ1) is 14.9. The molecule has 1 aliphatic carbocycles. The largest absolute Gasteiger partial charge is 0.513 e. The molecule has 0 aliphatic heterocycles. The van der Waals surface area contributed by atoms with Crippen LogP contribution in [0.5, 0.6) is 5.95 Å². The van der Waals surface area contributed by atoms with Crippen molar-refractivity contribution in [2.24, 2.45) is 11.3 Å². The van der Waals surface area contributed by atoms with Gasteiger partial charge in [0.25, 0.3) is 5.95 Å². The van der Waals surface area contributed by atoms with Crippen LogP contribution < -0.4 is 4.74 Å². The molecule has 2 aromatic heterocycles. The van der Waals surface area contributed by atoms with Crippen LogP contribution in [0.15, 0.2) is 46.9 Å². The third-order valence-electron chi connectivity index (χ3n) is 6.10. The minimum atomic E-state index is -4.41. The van der Waals surface area contributed by atoms with E-state index in [-0.39, 0.29) is 11.4 Å². The van der Waals surface area contributed by atoms with Crippen molar-refractivity contribution in [2.75, 3.05) is 0 Å². The highest BCUT2D eigenvalue weighted by molar-refractivity contribution is 5.66. The minimum Gasteiger partial charge on any atom is -0.449 e. The molecular formula is C24H24F3NO4. The lowest BCUT2D eigenvalue weighted by Crippen LogP contribution is -2.27. The van der Waals surface area contributed by atoms with Crippen molar-refractivity contribution in [3.63, 3.8) is 0 Å². The molecule has 8 heteroatoms. The Bertz CT molecular complexity index is 1130. The van der Waals surface area contributed by atoms with Crippen LogP contribution in [-0.2, 0) is 19.0 Å². The minimum absolute atomic E-state index is 0.126. The van der Waals surface area contributed by atoms with E-state index in [1.807, 2.05) is 10.6 Å². The zero-order valence-corrected chi connectivity index (χ0v) is 18.0. The summed E-state index contributed by atoms with van der Waals surface area (Å²) in [6.07, 6.45) is -3.32. The zero-order valence-electron chi connectivity index (χ0n) is 18.0. The van der Waals surface area contributed by atoms with Gasteiger partial charge in [-0.3, -0.25) is 4.57 Å². The molecule has 5 nitrogen and oxygen atoms in total. The number of aromatic nitrogens is 1. The number of fused-ring (bicyclic) bond motifs is 1. The van der Waals surface area contributed by atoms with Gasteiger partial charge in [0.05, 0.1) is 11.3 Å². The second-order valence-corrected chi connectivity index (χ2v) is 9.18. The molecule has 4 rings (SSSR count). The van der Waals surface area contributed by atoms with Crippen LogP contribution >= 0.6 is 0 Å². The maximum Gasteiger partial charge on any atom is 0.513 e. The Hall–Kier alpha value is -3.16. The third-order valence-corrected chi connectivity index (χ3v) is 6.10. The Morgan fingerprint density at radius 1 is 1.12 bits per heavy atom. The predicted molar refractivity (Wildman–Crippen MR) is 112 cm³/mol. The van der Waals surface area contributed by atoms with Gasteiger partial charge in [-0.05, 0) is 59.9 Å². The fraction of sp³-hybridized carbons (Fsp3) is 0.375. The molecule has 1 unspecified atom stereocenters. The van der Waals surface area contributed by atoms with Crippen LogP contribution in [0.1, 0.15) is 44.0 Å². The van der Waals surface area contributed by atoms with E-state index in [2.05, 4.69) is 25.5 Å². The van der Waals surface area contributed by atoms with Crippen molar-refractivity contribution in [2.45, 2.75) is 46.2 Å². The number of hydrogen-bond donors (Lipinski definition) is 1. The van der Waals surface area contributed by atoms with E-state index >= 15 is 0 Å². The van der Waals surface area contributed by atoms with Crippen LogP contribution in [0.25, 0.3) is 17.1 Å². The fourth-order valence-electron chi connectivity index (χ4n) is 4.33. The smallest absolute Gasteiger partial charge is 0.449 e. The third kappa shape index (κ3) is 4.26. The summed E-state index contributed by atoms with van der Waals surface area (Å²) in [5.41, 5.74) is 2.83. The van der Waals surface area contributed by atoms with Crippen molar-refractivity contribution in [3.05, 3.63) is 59.3 Å². The molecular weight excluding hydrogens is 423 g/mol. The molecule has 2 heterocycles. The van der Waals surface area contributed by atoms with Gasteiger partial charge in [0.15, 0.2) is 0 Å². The molecule has 0 saturated carbocycles. The molecule has 0 spiro atoms. The van der Waals surface area contributed by atoms with Crippen LogP contribution in [0, 0.1) is 11.3 Å². The van der Waals surface area contributed by atoms with Crippen LogP contribution in [0.4, 0.5) is 18.0 Å². The monoisotopic (exact) mass is 447 g/mol. The van der Waals surface area contributed by atoms with Crippen molar-refractivity contribution in [3.8, 4) is 23.1 Å². The first-order valence-electron chi connectivity index (χ1n) is 10.4. The number of nitrogens with zero attached hydrogens (tertiary/aromatic N) is 1. The van der Waals surface area contributed by atoms with Crippen LogP contribution in [0.3, 0.4) is 0 Å². The number of halogens is 3. The molecule has 0 fully saturated rings. The molecule has 0 amide bonds. The molecule has 3 aromatic rings. The van der Waals surface area contributed by atoms with Crippen molar-refractivity contribution < 1.29 is 32.2 Å². The maximum absolute atomic E-state index is 13.0. The first-order valence-corrected chi connectivity index (χ1v) is 10.4. The topological polar surface area (TPSA) is 64.6 Å². The summed E-state index contributed by atoms with van der Waals surface area (Å²) in [6, 6.07) is 10.0. The Morgan fingerprint density at radius 3 is 2.41 bits per heavy atom. The van der Waals surface area contributed by atoms with Crippen LogP contribution in [0.2, 0.25) is 0 Å². The Labute approximate surface area is 183 Å². The van der Waals surface area contributed by atoms with Gasteiger partial charge in [-0.2, -0.15) is 13.2 Å². The van der Waals surface area contributed by atoms with E-state index in [1.165, 1.54) is 18.2 Å². The molecule has 0 radical (unpaired) electrons. The van der Waals surface area contributed by atoms with E-state index in [0.717, 1.165) is 42.7 Å². The van der Waals surface area contributed by atoms with E-state index in [4.69, 9.17) is 9.52 Å². The predicted octanol–water partition coefficient (Wildman–Crippen LogP) is 6.96. The average Bonchev–Trinajstić information content (AvgIpc) is 3.29. The summed E-state index contributed by atoms with van der Waals surface area (Å²) in [5, 5.41) is 8.85. The van der Waals surface area contributed by atoms with Crippen molar-refractivity contribution in [1.82, 2.24) is 4.57 Å². The number of benzene rings is 1. The number of rotatable bonds is 3. The van der Waals surface area contributed by atoms with Crippen molar-refractivity contribution in [1.29, 1.82) is 0 Å². The second kappa shape index (κ2) is 7.76. The molecule has 0 bridgehead atoms. The first kappa shape index (κ1) is 22.0. The van der Waals surface area contributed by atoms with E-state index in [9.17, 15) is 18.0 Å². The average molecular weight is 447 g/mol. The van der Waals surface area contributed by atoms with Crippen molar-refractivity contribution >= 4 is 6.16 Å². The van der Waals surface area contributed by atoms with E-state index < -0.39 is 17.9 Å². The Morgan fingerprint density at radius 2 is 1.81 bits per heavy atom. The quantitative estimate of drug-likeness (QED) is 0.441. The van der Waals surface area contributed by atoms with Gasteiger partial charge in [0, 0.05) is 17.8 Å². The summed E-state index contributed by atoms with van der Waals surface area (Å²) in [4.78, 5) is 10.8. The molecule has 0 saturated heterocycles. The van der Waals surface area contributed by atoms with Gasteiger partial charge in [0.2, 0.25) is 5.88 Å². The zero-order chi connectivity index (χ0) is 23.3. The second-order valence-electron chi connectivity index (χ2n) is 9.18. The lowest BCUT2D eigenvalue weighted by molar-refractivity contribution is -0.137. The van der Waals surface area contributed by atoms with Gasteiger partial charge in [0.1, 0.15) is 0 Å². The highest BCUT2D eigenvalue weighted by Crippen LogP contribution is 2.42. The summed E-state index contributed by atoms with van der Waals surface area (Å²) in [5.74, 6) is 0.650. The lowest BCUT2D eigenvalue weighted by atomic mass is 9.72. The summed E-state index contributed by atoms with van der Waals surface area (Å²) in [6.45, 7) is 6.62. The van der Waals surface area contributed by atoms with E-state index in [1.54, 1.807) is 6.07 Å². The normalized spacial score (nSPS) is 16.6. The Kier molecular flexibility index (Phi) is 5.35. The maximum atomic E-state index is 13.0. The number of furan rings is 1. The van der Waals surface area contributed by atoms with Gasteiger partial charge in [-0.25, -0.2) is 4.79 Å². The molecule has 170 valence electrons. The van der Waals surface area contributed by atoms with Gasteiger partial charge in [-0.15, -0.1) is 0 Å². The van der Waals surface area contributed by atoms with Gasteiger partial charge >= 0.3 is 12.3 Å². The number of carbonyl (C=O) groups is 1. The molecule has 1 N–H and O–H groups in total. The lowest BCUT2D eigenvalue weighted by Gasteiger charge is -2.34. The fourth-order valence-corrected chi connectivity index (χ4v) is 4.33.